The molecule has 11 rings (SSSR count). The number of pyridine rings is 3. The lowest BCUT2D eigenvalue weighted by Crippen LogP contribution is -2.10. The molecular formula is C112H150Cl2FN5O3. The van der Waals surface area contributed by atoms with Crippen molar-refractivity contribution in [2.45, 2.75) is 297 Å². The topological polar surface area (TPSA) is 132 Å². The Hall–Kier alpha value is -9.85. The van der Waals surface area contributed by atoms with Gasteiger partial charge in [0.1, 0.15) is 12.7 Å². The van der Waals surface area contributed by atoms with E-state index in [1.54, 1.807) is 36.8 Å². The van der Waals surface area contributed by atoms with Crippen molar-refractivity contribution in [3.63, 3.8) is 0 Å². The van der Waals surface area contributed by atoms with Crippen LogP contribution in [0, 0.1) is 23.2 Å². The summed E-state index contributed by atoms with van der Waals surface area (Å²) in [7, 11) is 0. The summed E-state index contributed by atoms with van der Waals surface area (Å²) in [5.41, 5.74) is 26.8. The second-order valence-electron chi connectivity index (χ2n) is 35.1. The number of carbonyl (C=O) groups excluding carboxylic acids is 2. The molecule has 3 aromatic heterocycles. The third kappa shape index (κ3) is 48.1. The smallest absolute Gasteiger partial charge is 0.312 e. The minimum Gasteiger partial charge on any atom is -0.461 e. The van der Waals surface area contributed by atoms with Crippen molar-refractivity contribution in [2.24, 2.45) is 11.7 Å². The maximum Gasteiger partial charge on any atom is 0.312 e. The molecule has 0 saturated carbocycles. The van der Waals surface area contributed by atoms with Gasteiger partial charge in [0.15, 0.2) is 0 Å². The first-order valence-corrected chi connectivity index (χ1v) is 45.4. The number of amides is 1. The Balaban J connectivity index is 0.000000466. The summed E-state index contributed by atoms with van der Waals surface area (Å²) >= 11 is 11.5. The van der Waals surface area contributed by atoms with Gasteiger partial charge in [0.2, 0.25) is 11.9 Å². The Bertz CT molecular complexity index is 4550. The fourth-order valence-electron chi connectivity index (χ4n) is 11.7. The summed E-state index contributed by atoms with van der Waals surface area (Å²) in [6.45, 7) is 57.0. The number of esters is 1. The molecule has 0 radical (unpaired) electrons. The third-order valence-corrected chi connectivity index (χ3v) is 20.7. The van der Waals surface area contributed by atoms with Crippen LogP contribution in [-0.2, 0) is 41.8 Å². The van der Waals surface area contributed by atoms with Crippen LogP contribution in [-0.4, -0.2) is 26.8 Å². The van der Waals surface area contributed by atoms with Crippen molar-refractivity contribution < 1.29 is 18.7 Å². The number of benzene rings is 8. The molecule has 0 aliphatic rings. The van der Waals surface area contributed by atoms with E-state index in [2.05, 4.69) is 316 Å². The van der Waals surface area contributed by atoms with Gasteiger partial charge in [0.25, 0.3) is 0 Å². The summed E-state index contributed by atoms with van der Waals surface area (Å²) in [4.78, 5) is 34.2. The molecule has 3 heterocycles. The molecule has 8 aromatic carbocycles. The number of aryl methyl sites for hydroxylation is 2. The highest BCUT2D eigenvalue weighted by Crippen LogP contribution is 2.25. The SMILES string of the molecule is CC(C)Cc1ccc(C(C)C)cc1.CC(C)c1ccc(C(C)C)cc1.CC(C)c1ccc(C(N)=O)cc1.CC(C)c1ccc(CC(=O)OCc2ccccc2)nc1.CC(C)c1ccc(Cl)cc1.CC(C)c1ccc(F)nc1.CC(C)c1cccc(Cl)c1.CC(C)c1cncc(C#N)c1.CCCCc1ccc(C(C)C)cc1.CCCc1ccc(C(C)C)cc1. The van der Waals surface area contributed by atoms with Crippen LogP contribution in [0.2, 0.25) is 10.0 Å². The van der Waals surface area contributed by atoms with Crippen molar-refractivity contribution in [3.8, 4) is 6.07 Å². The molecule has 0 spiro atoms. The maximum absolute atomic E-state index is 12.2. The van der Waals surface area contributed by atoms with Gasteiger partial charge in [-0.1, -0.05) is 392 Å². The predicted molar refractivity (Wildman–Crippen MR) is 527 cm³/mol. The van der Waals surface area contributed by atoms with Crippen molar-refractivity contribution in [3.05, 3.63) is 372 Å². The highest BCUT2D eigenvalue weighted by atomic mass is 35.5. The maximum atomic E-state index is 12.2. The van der Waals surface area contributed by atoms with Crippen molar-refractivity contribution >= 4 is 35.1 Å². The van der Waals surface area contributed by atoms with Crippen LogP contribution in [0.5, 0.6) is 0 Å². The molecule has 11 aromatic rings. The van der Waals surface area contributed by atoms with Crippen molar-refractivity contribution in [2.75, 3.05) is 0 Å². The zero-order valence-electron chi connectivity index (χ0n) is 79.6. The molecule has 0 aliphatic carbocycles. The molecule has 0 aliphatic heterocycles. The summed E-state index contributed by atoms with van der Waals surface area (Å²) in [5.74, 6) is 5.93. The van der Waals surface area contributed by atoms with Crippen LogP contribution < -0.4 is 5.73 Å². The number of primary amides is 1. The van der Waals surface area contributed by atoms with Crippen LogP contribution in [0.25, 0.3) is 0 Å². The zero-order valence-corrected chi connectivity index (χ0v) is 81.1. The van der Waals surface area contributed by atoms with E-state index in [1.165, 1.54) is 111 Å². The first-order chi connectivity index (χ1) is 58.3. The van der Waals surface area contributed by atoms with Gasteiger partial charge in [0.05, 0.1) is 17.7 Å². The molecular weight excluding hydrogens is 1550 g/mol. The number of nitrogens with zero attached hydrogens (tertiary/aromatic N) is 4. The highest BCUT2D eigenvalue weighted by Gasteiger charge is 2.11. The Kier molecular flexibility index (Phi) is 54.6. The van der Waals surface area contributed by atoms with Gasteiger partial charge in [-0.3, -0.25) is 19.6 Å². The van der Waals surface area contributed by atoms with Gasteiger partial charge in [0, 0.05) is 40.4 Å². The van der Waals surface area contributed by atoms with Crippen LogP contribution in [0.1, 0.15) is 369 Å². The van der Waals surface area contributed by atoms with Crippen LogP contribution in [0.4, 0.5) is 4.39 Å². The minimum absolute atomic E-state index is 0.214. The number of halogens is 3. The van der Waals surface area contributed by atoms with E-state index in [-0.39, 0.29) is 18.3 Å². The Morgan fingerprint density at radius 2 is 0.756 bits per heavy atom. The average Bonchev–Trinajstić information content (AvgIpc) is 0.876. The minimum atomic E-state index is -0.413. The van der Waals surface area contributed by atoms with E-state index in [9.17, 15) is 14.0 Å². The van der Waals surface area contributed by atoms with Crippen LogP contribution in [0.15, 0.2) is 255 Å². The van der Waals surface area contributed by atoms with E-state index in [0.717, 1.165) is 38.3 Å². The Morgan fingerprint density at radius 3 is 1.11 bits per heavy atom. The molecule has 0 fully saturated rings. The lowest BCUT2D eigenvalue weighted by Gasteiger charge is -2.08. The van der Waals surface area contributed by atoms with E-state index in [4.69, 9.17) is 38.9 Å². The van der Waals surface area contributed by atoms with E-state index in [0.29, 0.717) is 82.8 Å². The molecule has 1 amide bonds. The number of hydrogen-bond donors (Lipinski definition) is 1. The molecule has 0 bridgehead atoms. The number of aromatic nitrogens is 3. The molecule has 662 valence electrons. The fraction of sp³-hybridized carbons (Fsp3) is 0.411. The van der Waals surface area contributed by atoms with Crippen LogP contribution >= 0.6 is 23.2 Å². The standard InChI is InChI=1S/C17H19NO2.2C13H20.2C12H18.C10H13NO.2C9H11Cl.C9H10N2.C8H10FN/c1-13(2)15-8-9-16(18-11-15)10-17(19)20-12-14-6-4-3-5-7-14;1-10(2)9-12-5-7-13(8-6-12)11(3)4;1-4-5-6-12-7-9-13(10-8-12)11(2)3;1-9(2)11-5-7-12(8-6-11)10(3)4;1-4-5-11-6-8-12(9-7-11)10(2)3;1-7(2)8-3-5-9(6-4-8)10(11)12;1-7(2)8-3-5-9(10)6-4-8;1-7(2)8-4-3-5-9(10)6-8;1-7(2)9-3-8(4-10)5-11-6-9;1-6(2)7-3-4-8(9)10-5-7/h3-9,11,13H,10,12H2,1-2H3;5-8,10-11H,9H2,1-4H3;7-11H,4-6H2,1-3H3;5-10H,1-4H3;6-10H,4-5H2,1-3H3;3-7H,1-2H3,(H2,11,12);2*3-7H,1-2H3;3,5-7H,1-2H3;3-6H,1-2H3. The molecule has 11 heteroatoms. The Morgan fingerprint density at radius 1 is 0.374 bits per heavy atom. The Labute approximate surface area is 755 Å². The lowest BCUT2D eigenvalue weighted by molar-refractivity contribution is -0.144. The zero-order chi connectivity index (χ0) is 92.1. The molecule has 123 heavy (non-hydrogen) atoms. The second kappa shape index (κ2) is 61.5. The number of hydrogen-bond acceptors (Lipinski definition) is 7. The summed E-state index contributed by atoms with van der Waals surface area (Å²) in [5, 5.41) is 10.2. The number of ether oxygens (including phenoxy) is 1. The van der Waals surface area contributed by atoms with Gasteiger partial charge >= 0.3 is 5.97 Å². The quantitative estimate of drug-likeness (QED) is 0.0498. The first-order valence-electron chi connectivity index (χ1n) is 44.6. The monoisotopic (exact) mass is 1700 g/mol. The number of unbranched alkanes of at least 4 members (excludes halogenated alkanes) is 1. The van der Waals surface area contributed by atoms with Gasteiger partial charge in [-0.25, -0.2) is 4.98 Å². The molecule has 0 unspecified atom stereocenters. The summed E-state index contributed by atoms with van der Waals surface area (Å²) in [6, 6.07) is 80.0. The van der Waals surface area contributed by atoms with Gasteiger partial charge in [-0.2, -0.15) is 9.65 Å². The van der Waals surface area contributed by atoms with E-state index >= 15 is 0 Å². The van der Waals surface area contributed by atoms with E-state index in [1.807, 2.05) is 97.2 Å². The summed E-state index contributed by atoms with van der Waals surface area (Å²) < 4.78 is 17.5. The van der Waals surface area contributed by atoms with Gasteiger partial charge < -0.3 is 10.5 Å². The molecule has 8 nitrogen and oxygen atoms in total. The second-order valence-corrected chi connectivity index (χ2v) is 35.9. The van der Waals surface area contributed by atoms with Gasteiger partial charge in [-0.05, 0) is 235 Å². The van der Waals surface area contributed by atoms with Gasteiger partial charge in [-0.15, -0.1) is 0 Å². The molecule has 0 saturated heterocycles. The molecule has 0 atom stereocenters. The lowest BCUT2D eigenvalue weighted by atomic mass is 9.97. The molecule has 2 N–H and O–H groups in total. The largest absolute Gasteiger partial charge is 0.461 e. The van der Waals surface area contributed by atoms with E-state index < -0.39 is 5.95 Å². The fourth-order valence-corrected chi connectivity index (χ4v) is 12.0. The number of rotatable bonds is 23. The third-order valence-electron chi connectivity index (χ3n) is 20.2. The number of nitrogens with two attached hydrogens (primary N) is 1. The normalized spacial score (nSPS) is 10.6. The average molecular weight is 1700 g/mol. The first kappa shape index (κ1) is 109. The van der Waals surface area contributed by atoms with Crippen molar-refractivity contribution in [1.29, 1.82) is 5.26 Å². The van der Waals surface area contributed by atoms with Crippen LogP contribution in [0.3, 0.4) is 0 Å². The predicted octanol–water partition coefficient (Wildman–Crippen LogP) is 32.6. The number of carbonyl (C=O) groups is 2. The highest BCUT2D eigenvalue weighted by molar-refractivity contribution is 6.30. The number of nitriles is 1. The van der Waals surface area contributed by atoms with Crippen molar-refractivity contribution in [1.82, 2.24) is 15.0 Å². The summed E-state index contributed by atoms with van der Waals surface area (Å²) in [6.07, 6.45) is 14.4.